The normalized spacial score (nSPS) is 12.1. The Bertz CT molecular complexity index is 1030. The second-order valence-electron chi connectivity index (χ2n) is 9.45. The maximum atomic E-state index is 6.45. The van der Waals surface area contributed by atoms with Crippen LogP contribution in [0.3, 0.4) is 0 Å². The quantitative estimate of drug-likeness (QED) is 0.261. The minimum absolute atomic E-state index is 0.132. The van der Waals surface area contributed by atoms with Gasteiger partial charge in [-0.25, -0.2) is 0 Å². The van der Waals surface area contributed by atoms with Crippen molar-refractivity contribution in [1.82, 2.24) is 0 Å². The van der Waals surface area contributed by atoms with Gasteiger partial charge in [0.05, 0.1) is 7.11 Å². The minimum atomic E-state index is -1.93. The van der Waals surface area contributed by atoms with Crippen LogP contribution in [0.2, 0.25) is 18.1 Å². The molecule has 3 aromatic carbocycles. The molecule has 0 aliphatic rings. The molecule has 0 saturated heterocycles. The van der Waals surface area contributed by atoms with Gasteiger partial charge in [-0.1, -0.05) is 81.5 Å². The molecule has 0 heterocycles. The first-order chi connectivity index (χ1) is 15.2. The molecule has 3 nitrogen and oxygen atoms in total. The number of ether oxygens (including phenoxy) is 2. The van der Waals surface area contributed by atoms with Gasteiger partial charge in [-0.2, -0.15) is 0 Å². The second-order valence-corrected chi connectivity index (χ2v) is 14.2. The highest BCUT2D eigenvalue weighted by molar-refractivity contribution is 6.74. The first-order valence-electron chi connectivity index (χ1n) is 11.0. The lowest BCUT2D eigenvalue weighted by Crippen LogP contribution is -2.43. The number of rotatable bonds is 8. The number of methoxy groups -OCH3 is 1. The van der Waals surface area contributed by atoms with Crippen molar-refractivity contribution in [3.05, 3.63) is 89.5 Å². The van der Waals surface area contributed by atoms with E-state index in [1.54, 1.807) is 7.11 Å². The number of benzene rings is 3. The van der Waals surface area contributed by atoms with Gasteiger partial charge < -0.3 is 13.9 Å². The van der Waals surface area contributed by atoms with Crippen LogP contribution < -0.4 is 13.9 Å². The van der Waals surface area contributed by atoms with Crippen LogP contribution >= 0.6 is 0 Å². The molecule has 3 rings (SSSR count). The van der Waals surface area contributed by atoms with E-state index in [9.17, 15) is 0 Å². The van der Waals surface area contributed by atoms with Crippen LogP contribution in [-0.2, 0) is 6.61 Å². The van der Waals surface area contributed by atoms with Crippen molar-refractivity contribution in [2.75, 3.05) is 7.11 Å². The highest BCUT2D eigenvalue weighted by Crippen LogP contribution is 2.40. The Labute approximate surface area is 193 Å². The minimum Gasteiger partial charge on any atom is -0.541 e. The van der Waals surface area contributed by atoms with E-state index in [4.69, 9.17) is 13.9 Å². The van der Waals surface area contributed by atoms with Crippen molar-refractivity contribution in [3.63, 3.8) is 0 Å². The molecule has 4 heteroatoms. The summed E-state index contributed by atoms with van der Waals surface area (Å²) >= 11 is 0. The van der Waals surface area contributed by atoms with Gasteiger partial charge in [0, 0.05) is 0 Å². The first kappa shape index (κ1) is 23.7. The van der Waals surface area contributed by atoms with Crippen molar-refractivity contribution < 1.29 is 13.9 Å². The molecule has 0 radical (unpaired) electrons. The highest BCUT2D eigenvalue weighted by atomic mass is 28.4. The molecule has 0 atom stereocenters. The van der Waals surface area contributed by atoms with Gasteiger partial charge in [0.25, 0.3) is 8.32 Å². The maximum absolute atomic E-state index is 6.45. The molecule has 0 aromatic heterocycles. The van der Waals surface area contributed by atoms with E-state index in [0.717, 1.165) is 33.9 Å². The fourth-order valence-electron chi connectivity index (χ4n) is 2.91. The Morgan fingerprint density at radius 3 is 2.03 bits per heavy atom. The molecule has 0 spiro atoms. The van der Waals surface area contributed by atoms with Crippen molar-refractivity contribution in [2.45, 2.75) is 45.5 Å². The van der Waals surface area contributed by atoms with Crippen LogP contribution in [0, 0.1) is 0 Å². The summed E-state index contributed by atoms with van der Waals surface area (Å²) in [7, 11) is -0.236. The van der Waals surface area contributed by atoms with E-state index in [-0.39, 0.29) is 5.04 Å². The number of hydrogen-bond donors (Lipinski definition) is 0. The molecule has 0 saturated carbocycles. The van der Waals surface area contributed by atoms with E-state index < -0.39 is 8.32 Å². The van der Waals surface area contributed by atoms with Crippen molar-refractivity contribution in [1.29, 1.82) is 0 Å². The predicted molar refractivity (Wildman–Crippen MR) is 137 cm³/mol. The summed E-state index contributed by atoms with van der Waals surface area (Å²) in [6.07, 6.45) is 4.17. The van der Waals surface area contributed by atoms with Gasteiger partial charge in [-0.3, -0.25) is 0 Å². The largest absolute Gasteiger partial charge is 0.541 e. The molecular formula is C28H34O3Si. The van der Waals surface area contributed by atoms with Crippen LogP contribution in [0.1, 0.15) is 37.5 Å². The third kappa shape index (κ3) is 6.27. The molecule has 32 heavy (non-hydrogen) atoms. The van der Waals surface area contributed by atoms with Crippen molar-refractivity contribution in [3.8, 4) is 17.2 Å². The average Bonchev–Trinajstić information content (AvgIpc) is 2.77. The van der Waals surface area contributed by atoms with E-state index in [1.807, 2.05) is 42.5 Å². The van der Waals surface area contributed by atoms with Crippen molar-refractivity contribution >= 4 is 20.5 Å². The summed E-state index contributed by atoms with van der Waals surface area (Å²) < 4.78 is 17.9. The standard InChI is InChI=1S/C28H34O3Si/c1-28(2,3)32(5,6)31-26-19-16-23(20-27(26)29-4)13-12-22-14-17-25(18-15-22)30-21-24-10-8-7-9-11-24/h7-20H,21H2,1-6H3. The highest BCUT2D eigenvalue weighted by Gasteiger charge is 2.39. The number of hydrogen-bond acceptors (Lipinski definition) is 3. The summed E-state index contributed by atoms with van der Waals surface area (Å²) in [5.41, 5.74) is 3.33. The van der Waals surface area contributed by atoms with Gasteiger partial charge in [-0.05, 0) is 59.1 Å². The Hall–Kier alpha value is -2.98. The smallest absolute Gasteiger partial charge is 0.250 e. The lowest BCUT2D eigenvalue weighted by atomic mass is 10.1. The lowest BCUT2D eigenvalue weighted by molar-refractivity contribution is 0.306. The van der Waals surface area contributed by atoms with E-state index in [0.29, 0.717) is 6.61 Å². The molecule has 0 amide bonds. The third-order valence-electron chi connectivity index (χ3n) is 5.96. The van der Waals surface area contributed by atoms with E-state index >= 15 is 0 Å². The molecule has 0 N–H and O–H groups in total. The van der Waals surface area contributed by atoms with Gasteiger partial charge in [0.2, 0.25) is 0 Å². The molecule has 3 aromatic rings. The lowest BCUT2D eigenvalue weighted by Gasteiger charge is -2.36. The maximum Gasteiger partial charge on any atom is 0.250 e. The molecule has 0 fully saturated rings. The van der Waals surface area contributed by atoms with Crippen LogP contribution in [0.5, 0.6) is 17.2 Å². The van der Waals surface area contributed by atoms with Crippen LogP contribution in [0.4, 0.5) is 0 Å². The SMILES string of the molecule is COc1cc(C=Cc2ccc(OCc3ccccc3)cc2)ccc1O[Si](C)(C)C(C)(C)C. The first-order valence-corrected chi connectivity index (χ1v) is 13.9. The van der Waals surface area contributed by atoms with Gasteiger partial charge in [-0.15, -0.1) is 0 Å². The zero-order chi connectivity index (χ0) is 23.2. The molecule has 168 valence electrons. The zero-order valence-electron chi connectivity index (χ0n) is 20.0. The molecule has 0 aliphatic heterocycles. The Balaban J connectivity index is 1.65. The summed E-state index contributed by atoms with van der Waals surface area (Å²) in [5.74, 6) is 2.44. The molecule has 0 bridgehead atoms. The summed E-state index contributed by atoms with van der Waals surface area (Å²) in [5, 5.41) is 0.132. The molecular weight excluding hydrogens is 412 g/mol. The Morgan fingerprint density at radius 2 is 1.41 bits per heavy atom. The monoisotopic (exact) mass is 446 g/mol. The third-order valence-corrected chi connectivity index (χ3v) is 10.3. The summed E-state index contributed by atoms with van der Waals surface area (Å²) in [6, 6.07) is 24.4. The van der Waals surface area contributed by atoms with Crippen molar-refractivity contribution in [2.24, 2.45) is 0 Å². The van der Waals surface area contributed by atoms with Crippen LogP contribution in [0.25, 0.3) is 12.2 Å². The fourth-order valence-corrected chi connectivity index (χ4v) is 3.93. The van der Waals surface area contributed by atoms with E-state index in [1.165, 1.54) is 0 Å². The topological polar surface area (TPSA) is 27.7 Å². The molecule has 0 unspecified atom stereocenters. The van der Waals surface area contributed by atoms with E-state index in [2.05, 4.69) is 76.3 Å². The Kier molecular flexibility index (Phi) is 7.47. The fraction of sp³-hybridized carbons (Fsp3) is 0.286. The average molecular weight is 447 g/mol. The summed E-state index contributed by atoms with van der Waals surface area (Å²) in [4.78, 5) is 0. The summed E-state index contributed by atoms with van der Waals surface area (Å²) in [6.45, 7) is 11.8. The van der Waals surface area contributed by atoms with Gasteiger partial charge in [0.1, 0.15) is 18.1 Å². The predicted octanol–water partition coefficient (Wildman–Crippen LogP) is 7.83. The zero-order valence-corrected chi connectivity index (χ0v) is 21.0. The van der Waals surface area contributed by atoms with Gasteiger partial charge in [0.15, 0.2) is 5.75 Å². The second kappa shape index (κ2) is 10.1. The Morgan fingerprint density at radius 1 is 0.781 bits per heavy atom. The van der Waals surface area contributed by atoms with Crippen LogP contribution in [-0.4, -0.2) is 15.4 Å². The van der Waals surface area contributed by atoms with Gasteiger partial charge >= 0.3 is 0 Å². The van der Waals surface area contributed by atoms with Crippen LogP contribution in [0.15, 0.2) is 72.8 Å². The molecule has 0 aliphatic carbocycles.